The van der Waals surface area contributed by atoms with Crippen molar-refractivity contribution < 1.29 is 18.3 Å². The number of benzene rings is 2. The minimum Gasteiger partial charge on any atom is -0.435 e. The third kappa shape index (κ3) is 5.67. The predicted molar refractivity (Wildman–Crippen MR) is 136 cm³/mol. The Morgan fingerprint density at radius 1 is 1.17 bits per heavy atom. The van der Waals surface area contributed by atoms with Gasteiger partial charge in [0.1, 0.15) is 5.75 Å². The molecule has 2 N–H and O–H groups in total. The molecule has 0 bridgehead atoms. The fourth-order valence-electron chi connectivity index (χ4n) is 4.48. The molecule has 5 nitrogen and oxygen atoms in total. The smallest absolute Gasteiger partial charge is 0.387 e. The Hall–Kier alpha value is -3.74. The molecule has 1 amide bonds. The fraction of sp³-hybridized carbons (Fsp3) is 0.286. The predicted octanol–water partition coefficient (Wildman–Crippen LogP) is 6.36. The normalized spacial score (nSPS) is 19.8. The summed E-state index contributed by atoms with van der Waals surface area (Å²) in [5.74, 6) is 0.100. The molecule has 2 aromatic carbocycles. The molecule has 182 valence electrons. The number of alkyl halides is 2. The molecular weight excluding hydrogens is 448 g/mol. The van der Waals surface area contributed by atoms with E-state index in [9.17, 15) is 13.6 Å². The van der Waals surface area contributed by atoms with Gasteiger partial charge in [0.25, 0.3) is 5.91 Å². The molecule has 1 aliphatic carbocycles. The number of hydrogen-bond acceptors (Lipinski definition) is 4. The maximum absolute atomic E-state index is 12.5. The number of anilines is 1. The molecule has 2 aliphatic rings. The maximum atomic E-state index is 12.5. The number of amides is 1. The lowest BCUT2D eigenvalue weighted by molar-refractivity contribution is -0.0498. The Morgan fingerprint density at radius 2 is 1.97 bits per heavy atom. The summed E-state index contributed by atoms with van der Waals surface area (Å²) in [7, 11) is 1.63. The van der Waals surface area contributed by atoms with E-state index in [-0.39, 0.29) is 17.6 Å². The SMILES string of the molecule is CCc1cc(N/C2=C\C/C=C\CCC3C(c4ccc(OC(F)F)cc4)=CN=C23)ccc1C(=O)NC. The average molecular weight is 478 g/mol. The Morgan fingerprint density at radius 3 is 2.69 bits per heavy atom. The summed E-state index contributed by atoms with van der Waals surface area (Å²) >= 11 is 0. The molecule has 1 heterocycles. The van der Waals surface area contributed by atoms with Crippen molar-refractivity contribution in [1.82, 2.24) is 5.32 Å². The third-order valence-corrected chi connectivity index (χ3v) is 6.22. The van der Waals surface area contributed by atoms with Crippen molar-refractivity contribution in [2.75, 3.05) is 12.4 Å². The summed E-state index contributed by atoms with van der Waals surface area (Å²) in [6.07, 6.45) is 11.6. The number of nitrogens with zero attached hydrogens (tertiary/aromatic N) is 1. The lowest BCUT2D eigenvalue weighted by atomic mass is 9.86. The monoisotopic (exact) mass is 477 g/mol. The van der Waals surface area contributed by atoms with Gasteiger partial charge in [0.15, 0.2) is 0 Å². The van der Waals surface area contributed by atoms with Crippen molar-refractivity contribution in [2.24, 2.45) is 10.9 Å². The van der Waals surface area contributed by atoms with E-state index in [1.54, 1.807) is 31.3 Å². The minimum absolute atomic E-state index is 0.0640. The van der Waals surface area contributed by atoms with E-state index in [1.165, 1.54) is 0 Å². The van der Waals surface area contributed by atoms with Crippen molar-refractivity contribution in [1.29, 1.82) is 0 Å². The first kappa shape index (κ1) is 24.4. The van der Waals surface area contributed by atoms with Crippen LogP contribution in [0, 0.1) is 5.92 Å². The maximum Gasteiger partial charge on any atom is 0.387 e. The van der Waals surface area contributed by atoms with E-state index in [1.807, 2.05) is 31.3 Å². The van der Waals surface area contributed by atoms with Crippen LogP contribution in [-0.4, -0.2) is 25.3 Å². The lowest BCUT2D eigenvalue weighted by Crippen LogP contribution is -2.21. The number of hydrogen-bond donors (Lipinski definition) is 2. The van der Waals surface area contributed by atoms with E-state index in [4.69, 9.17) is 4.99 Å². The molecule has 0 fully saturated rings. The van der Waals surface area contributed by atoms with Gasteiger partial charge in [-0.05, 0) is 72.7 Å². The zero-order valence-electron chi connectivity index (χ0n) is 19.9. The van der Waals surface area contributed by atoms with Crippen molar-refractivity contribution in [3.63, 3.8) is 0 Å². The van der Waals surface area contributed by atoms with Crippen LogP contribution in [0.15, 0.2) is 77.6 Å². The third-order valence-electron chi connectivity index (χ3n) is 6.22. The second-order valence-electron chi connectivity index (χ2n) is 8.39. The van der Waals surface area contributed by atoms with Crippen molar-refractivity contribution >= 4 is 22.9 Å². The van der Waals surface area contributed by atoms with Crippen molar-refractivity contribution in [3.8, 4) is 5.75 Å². The van der Waals surface area contributed by atoms with Gasteiger partial charge in [0.2, 0.25) is 0 Å². The second-order valence-corrected chi connectivity index (χ2v) is 8.39. The van der Waals surface area contributed by atoms with Crippen LogP contribution in [0.1, 0.15) is 47.7 Å². The van der Waals surface area contributed by atoms with Gasteiger partial charge in [0.05, 0.1) is 11.4 Å². The Bertz CT molecular complexity index is 1200. The molecule has 35 heavy (non-hydrogen) atoms. The molecule has 7 heteroatoms. The average Bonchev–Trinajstić information content (AvgIpc) is 3.31. The van der Waals surface area contributed by atoms with Gasteiger partial charge in [0, 0.05) is 30.4 Å². The van der Waals surface area contributed by atoms with Gasteiger partial charge in [-0.15, -0.1) is 0 Å². The number of allylic oxidation sites excluding steroid dienone is 5. The van der Waals surface area contributed by atoms with Crippen LogP contribution in [-0.2, 0) is 6.42 Å². The molecular formula is C28H29F2N3O2. The Labute approximate surface area is 204 Å². The number of carbonyl (C=O) groups is 1. The van der Waals surface area contributed by atoms with Crippen LogP contribution in [0.3, 0.4) is 0 Å². The minimum atomic E-state index is -2.85. The number of rotatable bonds is 7. The number of nitrogens with one attached hydrogen (secondary N) is 2. The van der Waals surface area contributed by atoms with Crippen molar-refractivity contribution in [3.05, 3.63) is 89.3 Å². The summed E-state index contributed by atoms with van der Waals surface area (Å²) in [6.45, 7) is -0.819. The van der Waals surface area contributed by atoms with E-state index >= 15 is 0 Å². The molecule has 0 aromatic heterocycles. The zero-order valence-corrected chi connectivity index (χ0v) is 19.9. The largest absolute Gasteiger partial charge is 0.435 e. The number of aryl methyl sites for hydroxylation is 1. The van der Waals surface area contributed by atoms with E-state index in [2.05, 4.69) is 33.6 Å². The van der Waals surface area contributed by atoms with Gasteiger partial charge >= 0.3 is 6.61 Å². The van der Waals surface area contributed by atoms with Crippen LogP contribution in [0.25, 0.3) is 5.57 Å². The highest BCUT2D eigenvalue weighted by Crippen LogP contribution is 2.37. The fourth-order valence-corrected chi connectivity index (χ4v) is 4.48. The van der Waals surface area contributed by atoms with E-state index < -0.39 is 6.61 Å². The molecule has 0 spiro atoms. The van der Waals surface area contributed by atoms with Crippen LogP contribution in [0.5, 0.6) is 5.75 Å². The first-order valence-electron chi connectivity index (χ1n) is 11.8. The van der Waals surface area contributed by atoms with Crippen LogP contribution in [0.2, 0.25) is 0 Å². The molecule has 0 saturated carbocycles. The molecule has 0 radical (unpaired) electrons. The molecule has 4 rings (SSSR count). The molecule has 0 saturated heterocycles. The Balaban J connectivity index is 1.59. The Kier molecular flexibility index (Phi) is 7.75. The molecule has 1 unspecified atom stereocenters. The van der Waals surface area contributed by atoms with Crippen LogP contribution in [0.4, 0.5) is 14.5 Å². The van der Waals surface area contributed by atoms with Gasteiger partial charge in [-0.3, -0.25) is 9.79 Å². The van der Waals surface area contributed by atoms with E-state index in [0.717, 1.165) is 59.5 Å². The summed E-state index contributed by atoms with van der Waals surface area (Å²) in [5.41, 5.74) is 6.40. The standard InChI is InChI=1S/C28H29F2N3O2/c1-3-18-16-20(12-15-22(18)27(34)31-2)33-25-9-7-5-4-6-8-23-24(17-32-26(23)25)19-10-13-21(14-11-19)35-28(29)30/h4-5,9-17,23,28,33H,3,6-8H2,1-2H3,(H,31,34)/b5-4-,25-9-. The first-order chi connectivity index (χ1) is 17.0. The van der Waals surface area contributed by atoms with Crippen molar-refractivity contribution in [2.45, 2.75) is 39.2 Å². The number of fused-ring (bicyclic) bond motifs is 1. The van der Waals surface area contributed by atoms with Gasteiger partial charge in [-0.2, -0.15) is 8.78 Å². The summed E-state index contributed by atoms with van der Waals surface area (Å²) in [4.78, 5) is 17.0. The topological polar surface area (TPSA) is 62.7 Å². The molecule has 1 aliphatic heterocycles. The first-order valence-corrected chi connectivity index (χ1v) is 11.8. The highest BCUT2D eigenvalue weighted by molar-refractivity contribution is 6.12. The summed E-state index contributed by atoms with van der Waals surface area (Å²) in [5, 5.41) is 6.23. The second kappa shape index (κ2) is 11.1. The zero-order chi connectivity index (χ0) is 24.8. The number of carbonyl (C=O) groups excluding carboxylic acids is 1. The number of aliphatic imine (C=N–C) groups is 1. The number of halogens is 2. The highest BCUT2D eigenvalue weighted by Gasteiger charge is 2.28. The lowest BCUT2D eigenvalue weighted by Gasteiger charge is -2.21. The molecule has 1 atom stereocenters. The highest BCUT2D eigenvalue weighted by atomic mass is 19.3. The summed E-state index contributed by atoms with van der Waals surface area (Å²) < 4.78 is 29.5. The van der Waals surface area contributed by atoms with E-state index in [0.29, 0.717) is 5.56 Å². The van der Waals surface area contributed by atoms with Gasteiger partial charge < -0.3 is 15.4 Å². The quantitative estimate of drug-likeness (QED) is 0.456. The van der Waals surface area contributed by atoms with Crippen LogP contribution < -0.4 is 15.4 Å². The van der Waals surface area contributed by atoms with Gasteiger partial charge in [-0.25, -0.2) is 0 Å². The number of ether oxygens (including phenoxy) is 1. The molecule has 2 aromatic rings. The van der Waals surface area contributed by atoms with Gasteiger partial charge in [-0.1, -0.05) is 37.3 Å². The summed E-state index contributed by atoms with van der Waals surface area (Å²) in [6, 6.07) is 12.5. The van der Waals surface area contributed by atoms with Crippen LogP contribution >= 0.6 is 0 Å².